The van der Waals surface area contributed by atoms with Gasteiger partial charge in [0.25, 0.3) is 0 Å². The lowest BCUT2D eigenvalue weighted by molar-refractivity contribution is 0.0399. The second kappa shape index (κ2) is 4.93. The number of hydrogen-bond donors (Lipinski definition) is 1. The number of ether oxygens (including phenoxy) is 1. The minimum atomic E-state index is 0.0273. The Morgan fingerprint density at radius 3 is 3.06 bits per heavy atom. The molecule has 1 aliphatic heterocycles. The molecular weight excluding hydrogens is 204 g/mol. The summed E-state index contributed by atoms with van der Waals surface area (Å²) in [4.78, 5) is 4.23. The SMILES string of the molecule is CCn1ncnc1CC(N)C1CCC(C)O1. The van der Waals surface area contributed by atoms with Gasteiger partial charge in [-0.1, -0.05) is 0 Å². The van der Waals surface area contributed by atoms with E-state index in [1.54, 1.807) is 6.33 Å². The zero-order valence-electron chi connectivity index (χ0n) is 9.97. The quantitative estimate of drug-likeness (QED) is 0.819. The van der Waals surface area contributed by atoms with Crippen LogP contribution in [-0.2, 0) is 17.7 Å². The number of rotatable bonds is 4. The molecular formula is C11H20N4O. The molecule has 0 aromatic carbocycles. The minimum absolute atomic E-state index is 0.0273. The zero-order valence-corrected chi connectivity index (χ0v) is 9.97. The van der Waals surface area contributed by atoms with Gasteiger partial charge in [0, 0.05) is 19.0 Å². The molecule has 5 heteroatoms. The highest BCUT2D eigenvalue weighted by Gasteiger charge is 2.28. The Hall–Kier alpha value is -0.940. The molecule has 0 amide bonds. The summed E-state index contributed by atoms with van der Waals surface area (Å²) in [6.07, 6.45) is 5.02. The molecule has 0 saturated carbocycles. The van der Waals surface area contributed by atoms with Crippen molar-refractivity contribution in [2.24, 2.45) is 5.73 Å². The molecule has 3 unspecified atom stereocenters. The summed E-state index contributed by atoms with van der Waals surface area (Å²) >= 11 is 0. The highest BCUT2D eigenvalue weighted by Crippen LogP contribution is 2.22. The first-order chi connectivity index (χ1) is 7.70. The van der Waals surface area contributed by atoms with E-state index in [0.717, 1.165) is 31.6 Å². The van der Waals surface area contributed by atoms with Crippen LogP contribution in [0.3, 0.4) is 0 Å². The number of nitrogens with two attached hydrogens (primary N) is 1. The molecule has 3 atom stereocenters. The molecule has 2 N–H and O–H groups in total. The lowest BCUT2D eigenvalue weighted by atomic mass is 10.1. The molecule has 1 fully saturated rings. The Bertz CT molecular complexity index is 338. The fraction of sp³-hybridized carbons (Fsp3) is 0.818. The van der Waals surface area contributed by atoms with Crippen molar-refractivity contribution in [3.8, 4) is 0 Å². The fourth-order valence-corrected chi connectivity index (χ4v) is 2.20. The molecule has 1 aromatic rings. The van der Waals surface area contributed by atoms with E-state index in [4.69, 9.17) is 10.5 Å². The van der Waals surface area contributed by atoms with Crippen LogP contribution in [0.2, 0.25) is 0 Å². The maximum absolute atomic E-state index is 6.15. The summed E-state index contributed by atoms with van der Waals surface area (Å²) in [5, 5.41) is 4.14. The van der Waals surface area contributed by atoms with E-state index in [1.165, 1.54) is 0 Å². The monoisotopic (exact) mass is 224 g/mol. The van der Waals surface area contributed by atoms with E-state index in [1.807, 2.05) is 4.68 Å². The second-order valence-electron chi connectivity index (χ2n) is 4.42. The van der Waals surface area contributed by atoms with Gasteiger partial charge in [0.2, 0.25) is 0 Å². The first-order valence-corrected chi connectivity index (χ1v) is 5.98. The predicted octanol–water partition coefficient (Wildman–Crippen LogP) is 0.735. The highest BCUT2D eigenvalue weighted by atomic mass is 16.5. The summed E-state index contributed by atoms with van der Waals surface area (Å²) in [6.45, 7) is 4.99. The van der Waals surface area contributed by atoms with E-state index in [9.17, 15) is 0 Å². The van der Waals surface area contributed by atoms with E-state index >= 15 is 0 Å². The van der Waals surface area contributed by atoms with Crippen molar-refractivity contribution in [1.82, 2.24) is 14.8 Å². The smallest absolute Gasteiger partial charge is 0.138 e. The van der Waals surface area contributed by atoms with Gasteiger partial charge in [-0.15, -0.1) is 0 Å². The lowest BCUT2D eigenvalue weighted by Gasteiger charge is -2.19. The Kier molecular flexibility index (Phi) is 3.56. The summed E-state index contributed by atoms with van der Waals surface area (Å²) in [5.74, 6) is 0.957. The highest BCUT2D eigenvalue weighted by molar-refractivity contribution is 4.93. The standard InChI is InChI=1S/C11H20N4O/c1-3-15-11(13-7-14-15)6-9(12)10-5-4-8(2)16-10/h7-10H,3-6,12H2,1-2H3. The summed E-state index contributed by atoms with van der Waals surface area (Å²) in [6, 6.07) is 0.0273. The molecule has 90 valence electrons. The molecule has 1 saturated heterocycles. The van der Waals surface area contributed by atoms with Crippen molar-refractivity contribution in [3.63, 3.8) is 0 Å². The van der Waals surface area contributed by atoms with Crippen LogP contribution < -0.4 is 5.73 Å². The molecule has 16 heavy (non-hydrogen) atoms. The van der Waals surface area contributed by atoms with E-state index < -0.39 is 0 Å². The minimum Gasteiger partial charge on any atom is -0.374 e. The Balaban J connectivity index is 1.94. The van der Waals surface area contributed by atoms with Crippen molar-refractivity contribution in [3.05, 3.63) is 12.2 Å². The summed E-state index contributed by atoms with van der Waals surface area (Å²) in [5.41, 5.74) is 6.15. The van der Waals surface area contributed by atoms with Gasteiger partial charge in [0.1, 0.15) is 12.2 Å². The summed E-state index contributed by atoms with van der Waals surface area (Å²) < 4.78 is 7.65. The molecule has 2 rings (SSSR count). The number of hydrogen-bond acceptors (Lipinski definition) is 4. The van der Waals surface area contributed by atoms with Crippen LogP contribution in [-0.4, -0.2) is 33.0 Å². The van der Waals surface area contributed by atoms with Crippen LogP contribution in [0.1, 0.15) is 32.5 Å². The average molecular weight is 224 g/mol. The molecule has 2 heterocycles. The van der Waals surface area contributed by atoms with Crippen LogP contribution in [0.5, 0.6) is 0 Å². The Morgan fingerprint density at radius 2 is 2.44 bits per heavy atom. The van der Waals surface area contributed by atoms with Gasteiger partial charge in [0.15, 0.2) is 0 Å². The zero-order chi connectivity index (χ0) is 11.5. The molecule has 5 nitrogen and oxygen atoms in total. The van der Waals surface area contributed by atoms with Crippen molar-refractivity contribution in [2.75, 3.05) is 0 Å². The van der Waals surface area contributed by atoms with Gasteiger partial charge in [-0.25, -0.2) is 4.98 Å². The van der Waals surface area contributed by atoms with Crippen molar-refractivity contribution in [1.29, 1.82) is 0 Å². The second-order valence-corrected chi connectivity index (χ2v) is 4.42. The molecule has 0 aliphatic carbocycles. The Labute approximate surface area is 96.0 Å². The van der Waals surface area contributed by atoms with Gasteiger partial charge in [-0.05, 0) is 26.7 Å². The normalized spacial score (nSPS) is 27.2. The number of aromatic nitrogens is 3. The van der Waals surface area contributed by atoms with Crippen LogP contribution in [0, 0.1) is 0 Å². The van der Waals surface area contributed by atoms with Crippen LogP contribution in [0.25, 0.3) is 0 Å². The molecule has 0 spiro atoms. The van der Waals surface area contributed by atoms with Crippen molar-refractivity contribution < 1.29 is 4.74 Å². The summed E-state index contributed by atoms with van der Waals surface area (Å²) in [7, 11) is 0. The van der Waals surface area contributed by atoms with E-state index in [-0.39, 0.29) is 12.1 Å². The Morgan fingerprint density at radius 1 is 1.62 bits per heavy atom. The van der Waals surface area contributed by atoms with Crippen molar-refractivity contribution in [2.45, 2.75) is 57.9 Å². The number of nitrogens with zero attached hydrogens (tertiary/aromatic N) is 3. The van der Waals surface area contributed by atoms with Crippen LogP contribution >= 0.6 is 0 Å². The van der Waals surface area contributed by atoms with Gasteiger partial charge in [-0.3, -0.25) is 4.68 Å². The van der Waals surface area contributed by atoms with Gasteiger partial charge in [-0.2, -0.15) is 5.10 Å². The van der Waals surface area contributed by atoms with E-state index in [2.05, 4.69) is 23.9 Å². The third-order valence-electron chi connectivity index (χ3n) is 3.16. The lowest BCUT2D eigenvalue weighted by Crippen LogP contribution is -2.37. The number of aryl methyl sites for hydroxylation is 1. The third-order valence-corrected chi connectivity index (χ3v) is 3.16. The van der Waals surface area contributed by atoms with Gasteiger partial charge >= 0.3 is 0 Å². The molecule has 0 bridgehead atoms. The van der Waals surface area contributed by atoms with Crippen molar-refractivity contribution >= 4 is 0 Å². The van der Waals surface area contributed by atoms with Gasteiger partial charge in [0.05, 0.1) is 12.2 Å². The van der Waals surface area contributed by atoms with Crippen LogP contribution in [0.4, 0.5) is 0 Å². The maximum atomic E-state index is 6.15. The molecule has 1 aliphatic rings. The largest absolute Gasteiger partial charge is 0.374 e. The molecule has 0 radical (unpaired) electrons. The first kappa shape index (κ1) is 11.5. The average Bonchev–Trinajstić information content (AvgIpc) is 2.86. The third kappa shape index (κ3) is 2.41. The first-order valence-electron chi connectivity index (χ1n) is 5.98. The molecule has 1 aromatic heterocycles. The van der Waals surface area contributed by atoms with Crippen LogP contribution in [0.15, 0.2) is 6.33 Å². The maximum Gasteiger partial charge on any atom is 0.138 e. The topological polar surface area (TPSA) is 66.0 Å². The van der Waals surface area contributed by atoms with Gasteiger partial charge < -0.3 is 10.5 Å². The fourth-order valence-electron chi connectivity index (χ4n) is 2.20. The predicted molar refractivity (Wildman–Crippen MR) is 60.9 cm³/mol. The van der Waals surface area contributed by atoms with E-state index in [0.29, 0.717) is 6.10 Å².